The lowest BCUT2D eigenvalue weighted by atomic mass is 10.2. The first-order chi connectivity index (χ1) is 11.2. The van der Waals surface area contributed by atoms with Crippen LogP contribution in [0.3, 0.4) is 0 Å². The van der Waals surface area contributed by atoms with Crippen LogP contribution in [0.5, 0.6) is 0 Å². The zero-order valence-corrected chi connectivity index (χ0v) is 15.1. The Balaban J connectivity index is 2.42. The molecule has 24 heavy (non-hydrogen) atoms. The van der Waals surface area contributed by atoms with E-state index in [0.717, 1.165) is 5.56 Å². The molecule has 134 valence electrons. The van der Waals surface area contributed by atoms with E-state index in [9.17, 15) is 18.0 Å². The molecule has 6 nitrogen and oxygen atoms in total. The van der Waals surface area contributed by atoms with Gasteiger partial charge in [0.1, 0.15) is 0 Å². The van der Waals surface area contributed by atoms with Gasteiger partial charge in [-0.3, -0.25) is 9.59 Å². The molecular formula is C17H24O6S. The summed E-state index contributed by atoms with van der Waals surface area (Å²) >= 11 is 0. The largest absolute Gasteiger partial charge is 0.466 e. The van der Waals surface area contributed by atoms with E-state index < -0.39 is 27.9 Å². The molecule has 0 N–H and O–H groups in total. The fourth-order valence-corrected chi connectivity index (χ4v) is 3.39. The highest BCUT2D eigenvalue weighted by molar-refractivity contribution is 7.91. The number of aryl methyl sites for hydroxylation is 1. The number of sulfone groups is 1. The molecule has 0 saturated carbocycles. The quantitative estimate of drug-likeness (QED) is 0.632. The van der Waals surface area contributed by atoms with Crippen LogP contribution in [0.2, 0.25) is 0 Å². The maximum absolute atomic E-state index is 12.2. The number of rotatable bonds is 9. The predicted molar refractivity (Wildman–Crippen MR) is 89.3 cm³/mol. The number of esters is 2. The molecule has 0 aliphatic rings. The van der Waals surface area contributed by atoms with E-state index in [1.54, 1.807) is 38.1 Å². The first-order valence-electron chi connectivity index (χ1n) is 7.89. The highest BCUT2D eigenvalue weighted by Crippen LogP contribution is 2.14. The molecular weight excluding hydrogens is 332 g/mol. The summed E-state index contributed by atoms with van der Waals surface area (Å²) in [5, 5.41) is 0. The van der Waals surface area contributed by atoms with E-state index in [4.69, 9.17) is 9.47 Å². The first kappa shape index (κ1) is 20.2. The number of hydrogen-bond acceptors (Lipinski definition) is 6. The molecule has 0 radical (unpaired) electrons. The van der Waals surface area contributed by atoms with E-state index in [1.165, 1.54) is 0 Å². The van der Waals surface area contributed by atoms with Crippen molar-refractivity contribution in [2.75, 3.05) is 12.4 Å². The van der Waals surface area contributed by atoms with Crippen molar-refractivity contribution in [3.05, 3.63) is 29.8 Å². The summed E-state index contributed by atoms with van der Waals surface area (Å²) in [5.41, 5.74) is 0.984. The van der Waals surface area contributed by atoms with Crippen LogP contribution in [0.4, 0.5) is 0 Å². The third-order valence-corrected chi connectivity index (χ3v) is 5.11. The smallest absolute Gasteiger partial charge is 0.306 e. The van der Waals surface area contributed by atoms with Crippen LogP contribution in [0.1, 0.15) is 38.7 Å². The summed E-state index contributed by atoms with van der Waals surface area (Å²) in [5.74, 6) is -1.10. The summed E-state index contributed by atoms with van der Waals surface area (Å²) in [7, 11) is -3.41. The molecule has 0 amide bonds. The number of hydrogen-bond donors (Lipinski definition) is 0. The second-order valence-electron chi connectivity index (χ2n) is 5.53. The summed E-state index contributed by atoms with van der Waals surface area (Å²) in [6, 6.07) is 6.62. The van der Waals surface area contributed by atoms with Crippen LogP contribution in [-0.4, -0.2) is 38.8 Å². The van der Waals surface area contributed by atoms with E-state index in [1.807, 2.05) is 6.92 Å². The number of carbonyl (C=O) groups excluding carboxylic acids is 2. The Morgan fingerprint density at radius 2 is 1.67 bits per heavy atom. The Labute approximate surface area is 143 Å². The molecule has 0 bridgehead atoms. The topological polar surface area (TPSA) is 86.7 Å². The van der Waals surface area contributed by atoms with Crippen molar-refractivity contribution in [1.29, 1.82) is 0 Å². The van der Waals surface area contributed by atoms with Gasteiger partial charge in [0, 0.05) is 0 Å². The Morgan fingerprint density at radius 3 is 2.25 bits per heavy atom. The van der Waals surface area contributed by atoms with Crippen molar-refractivity contribution in [1.82, 2.24) is 0 Å². The lowest BCUT2D eigenvalue weighted by Gasteiger charge is -2.13. The number of carbonyl (C=O) groups is 2. The average Bonchev–Trinajstić information content (AvgIpc) is 2.52. The minimum absolute atomic E-state index is 0.0406. The third kappa shape index (κ3) is 7.12. The van der Waals surface area contributed by atoms with Gasteiger partial charge >= 0.3 is 11.9 Å². The van der Waals surface area contributed by atoms with Crippen molar-refractivity contribution in [3.63, 3.8) is 0 Å². The van der Waals surface area contributed by atoms with Crippen molar-refractivity contribution < 1.29 is 27.5 Å². The van der Waals surface area contributed by atoms with E-state index in [-0.39, 0.29) is 36.5 Å². The van der Waals surface area contributed by atoms with Gasteiger partial charge in [0.05, 0.1) is 36.2 Å². The van der Waals surface area contributed by atoms with E-state index in [2.05, 4.69) is 0 Å². The van der Waals surface area contributed by atoms with Crippen LogP contribution in [0.25, 0.3) is 0 Å². The van der Waals surface area contributed by atoms with Gasteiger partial charge in [0.2, 0.25) is 0 Å². The molecule has 1 rings (SSSR count). The molecule has 1 aromatic rings. The van der Waals surface area contributed by atoms with Gasteiger partial charge in [-0.2, -0.15) is 0 Å². The Bertz CT molecular complexity index is 648. The molecule has 0 aliphatic carbocycles. The minimum atomic E-state index is -3.41. The molecule has 0 fully saturated rings. The van der Waals surface area contributed by atoms with Crippen LogP contribution in [-0.2, 0) is 28.9 Å². The van der Waals surface area contributed by atoms with Gasteiger partial charge in [-0.25, -0.2) is 8.42 Å². The van der Waals surface area contributed by atoms with Crippen molar-refractivity contribution in [2.45, 2.75) is 51.0 Å². The zero-order valence-electron chi connectivity index (χ0n) is 14.3. The van der Waals surface area contributed by atoms with Gasteiger partial charge in [-0.05, 0) is 39.3 Å². The zero-order chi connectivity index (χ0) is 18.2. The second-order valence-corrected chi connectivity index (χ2v) is 7.64. The summed E-state index contributed by atoms with van der Waals surface area (Å²) in [4.78, 5) is 23.0. The van der Waals surface area contributed by atoms with Crippen molar-refractivity contribution in [2.24, 2.45) is 0 Å². The number of ether oxygens (including phenoxy) is 2. The maximum Gasteiger partial charge on any atom is 0.306 e. The molecule has 0 aliphatic heterocycles. The van der Waals surface area contributed by atoms with Crippen LogP contribution in [0, 0.1) is 6.92 Å². The normalized spacial score (nSPS) is 12.5. The Kier molecular flexibility index (Phi) is 7.91. The standard InChI is InChI=1S/C17H24O6S/c1-4-22-16(18)9-10-17(19)23-14(3)11-12-24(20,21)15-7-5-13(2)6-8-15/h5-8,14H,4,9-12H2,1-3H3/t14-/m0/s1. The molecule has 1 atom stereocenters. The van der Waals surface area contributed by atoms with Gasteiger partial charge < -0.3 is 9.47 Å². The van der Waals surface area contributed by atoms with Crippen LogP contribution >= 0.6 is 0 Å². The van der Waals surface area contributed by atoms with Crippen LogP contribution in [0.15, 0.2) is 29.2 Å². The van der Waals surface area contributed by atoms with Gasteiger partial charge in [-0.1, -0.05) is 17.7 Å². The fraction of sp³-hybridized carbons (Fsp3) is 0.529. The van der Waals surface area contributed by atoms with Crippen LogP contribution < -0.4 is 0 Å². The molecule has 0 heterocycles. The minimum Gasteiger partial charge on any atom is -0.466 e. The Hall–Kier alpha value is -1.89. The highest BCUT2D eigenvalue weighted by Gasteiger charge is 2.18. The Morgan fingerprint density at radius 1 is 1.08 bits per heavy atom. The van der Waals surface area contributed by atoms with Gasteiger partial charge in [0.15, 0.2) is 9.84 Å². The average molecular weight is 356 g/mol. The summed E-state index contributed by atoms with van der Waals surface area (Å²) in [6.07, 6.45) is -0.462. The molecule has 0 saturated heterocycles. The highest BCUT2D eigenvalue weighted by atomic mass is 32.2. The fourth-order valence-electron chi connectivity index (χ4n) is 1.96. The first-order valence-corrected chi connectivity index (χ1v) is 9.54. The SMILES string of the molecule is CCOC(=O)CCC(=O)O[C@@H](C)CCS(=O)(=O)c1ccc(C)cc1. The monoisotopic (exact) mass is 356 g/mol. The third-order valence-electron chi connectivity index (χ3n) is 3.34. The molecule has 0 aromatic heterocycles. The number of benzene rings is 1. The van der Waals surface area contributed by atoms with E-state index >= 15 is 0 Å². The van der Waals surface area contributed by atoms with Crippen molar-refractivity contribution in [3.8, 4) is 0 Å². The van der Waals surface area contributed by atoms with E-state index in [0.29, 0.717) is 0 Å². The molecule has 1 aromatic carbocycles. The second kappa shape index (κ2) is 9.42. The maximum atomic E-state index is 12.2. The summed E-state index contributed by atoms with van der Waals surface area (Å²) < 4.78 is 34.3. The molecule has 0 unspecified atom stereocenters. The molecule has 0 spiro atoms. The predicted octanol–water partition coefficient (Wildman–Crippen LogP) is 2.43. The summed E-state index contributed by atoms with van der Waals surface area (Å²) in [6.45, 7) is 5.47. The van der Waals surface area contributed by atoms with Crippen molar-refractivity contribution >= 4 is 21.8 Å². The van der Waals surface area contributed by atoms with Gasteiger partial charge in [-0.15, -0.1) is 0 Å². The van der Waals surface area contributed by atoms with Gasteiger partial charge in [0.25, 0.3) is 0 Å². The molecule has 7 heteroatoms. The lowest BCUT2D eigenvalue weighted by molar-refractivity contribution is -0.153. The lowest BCUT2D eigenvalue weighted by Crippen LogP contribution is -2.20.